The molecule has 33 heavy (non-hydrogen) atoms. The summed E-state index contributed by atoms with van der Waals surface area (Å²) < 4.78 is 5.63. The predicted molar refractivity (Wildman–Crippen MR) is 128 cm³/mol. The lowest BCUT2D eigenvalue weighted by molar-refractivity contribution is -0.384. The molecule has 6 heteroatoms. The van der Waals surface area contributed by atoms with Crippen LogP contribution >= 0.6 is 0 Å². The number of carbonyl (C=O) groups is 1. The number of benzene rings is 4. The number of non-ortho nitro benzene ring substituents is 1. The normalized spacial score (nSPS) is 10.8. The number of hydrogen-bond donors (Lipinski definition) is 0. The van der Waals surface area contributed by atoms with E-state index in [4.69, 9.17) is 4.74 Å². The highest BCUT2D eigenvalue weighted by atomic mass is 16.6. The van der Waals surface area contributed by atoms with E-state index in [2.05, 4.69) is 4.99 Å². The van der Waals surface area contributed by atoms with E-state index in [0.717, 1.165) is 16.7 Å². The van der Waals surface area contributed by atoms with Crippen molar-refractivity contribution in [2.24, 2.45) is 4.99 Å². The van der Waals surface area contributed by atoms with Crippen LogP contribution in [-0.2, 0) is 0 Å². The number of nitrogens with zero attached hydrogens (tertiary/aromatic N) is 2. The number of ether oxygens (including phenoxy) is 1. The fourth-order valence-corrected chi connectivity index (χ4v) is 3.20. The average molecular weight is 436 g/mol. The molecule has 0 aromatic heterocycles. The molecule has 0 aliphatic heterocycles. The topological polar surface area (TPSA) is 81.8 Å². The number of hydrogen-bond acceptors (Lipinski definition) is 5. The highest BCUT2D eigenvalue weighted by molar-refractivity contribution is 5.97. The molecule has 0 aliphatic carbocycles. The Morgan fingerprint density at radius 3 is 2.24 bits per heavy atom. The van der Waals surface area contributed by atoms with Crippen LogP contribution in [0.2, 0.25) is 0 Å². The van der Waals surface area contributed by atoms with E-state index >= 15 is 0 Å². The van der Waals surface area contributed by atoms with Gasteiger partial charge >= 0.3 is 0 Å². The summed E-state index contributed by atoms with van der Waals surface area (Å²) in [5.41, 5.74) is 4.03. The van der Waals surface area contributed by atoms with E-state index in [9.17, 15) is 14.9 Å². The summed E-state index contributed by atoms with van der Waals surface area (Å²) in [6.07, 6.45) is 1.61. The molecule has 0 saturated carbocycles. The molecule has 0 aliphatic rings. The molecule has 4 aromatic rings. The van der Waals surface area contributed by atoms with Crippen molar-refractivity contribution in [1.82, 2.24) is 0 Å². The van der Waals surface area contributed by atoms with Crippen molar-refractivity contribution in [3.8, 4) is 16.9 Å². The molecule has 0 saturated heterocycles. The first kappa shape index (κ1) is 21.6. The van der Waals surface area contributed by atoms with Crippen molar-refractivity contribution in [3.63, 3.8) is 0 Å². The van der Waals surface area contributed by atoms with Gasteiger partial charge < -0.3 is 4.74 Å². The standard InChI is InChI=1S/C27H20N2O4/c30-27(23-13-11-22(12-14-23)21-5-2-1-3-6-21)19-33-26-15-9-20(10-16-26)18-28-24-7-4-8-25(17-24)29(31)32/h1-18H,19H2. The lowest BCUT2D eigenvalue weighted by Crippen LogP contribution is -2.11. The molecule has 162 valence electrons. The molecule has 0 fully saturated rings. The Morgan fingerprint density at radius 1 is 0.848 bits per heavy atom. The Morgan fingerprint density at radius 2 is 1.55 bits per heavy atom. The van der Waals surface area contributed by atoms with E-state index in [1.807, 2.05) is 54.6 Å². The van der Waals surface area contributed by atoms with Gasteiger partial charge in [-0.2, -0.15) is 0 Å². The quantitative estimate of drug-likeness (QED) is 0.141. The van der Waals surface area contributed by atoms with Gasteiger partial charge in [0.2, 0.25) is 0 Å². The fourth-order valence-electron chi connectivity index (χ4n) is 3.20. The van der Waals surface area contributed by atoms with Gasteiger partial charge in [0.25, 0.3) is 5.69 Å². The molecule has 0 bridgehead atoms. The molecular formula is C27H20N2O4. The van der Waals surface area contributed by atoms with Crippen molar-refractivity contribution in [2.45, 2.75) is 0 Å². The highest BCUT2D eigenvalue weighted by Crippen LogP contribution is 2.21. The summed E-state index contributed by atoms with van der Waals surface area (Å²) in [4.78, 5) is 27.1. The molecule has 4 aromatic carbocycles. The van der Waals surface area contributed by atoms with Gasteiger partial charge in [-0.1, -0.05) is 60.7 Å². The lowest BCUT2D eigenvalue weighted by Gasteiger charge is -2.07. The van der Waals surface area contributed by atoms with Crippen molar-refractivity contribution in [1.29, 1.82) is 0 Å². The van der Waals surface area contributed by atoms with Crippen LogP contribution < -0.4 is 4.74 Å². The molecule has 0 unspecified atom stereocenters. The van der Waals surface area contributed by atoms with Gasteiger partial charge in [0.05, 0.1) is 10.6 Å². The first-order valence-electron chi connectivity index (χ1n) is 10.3. The molecule has 6 nitrogen and oxygen atoms in total. The van der Waals surface area contributed by atoms with Gasteiger partial charge in [-0.25, -0.2) is 0 Å². The van der Waals surface area contributed by atoms with Crippen LogP contribution in [0.5, 0.6) is 5.75 Å². The average Bonchev–Trinajstić information content (AvgIpc) is 2.87. The van der Waals surface area contributed by atoms with Crippen LogP contribution in [0.15, 0.2) is 108 Å². The summed E-state index contributed by atoms with van der Waals surface area (Å²) in [6.45, 7) is -0.0637. The van der Waals surface area contributed by atoms with Crippen LogP contribution in [0.1, 0.15) is 15.9 Å². The largest absolute Gasteiger partial charge is 0.485 e. The summed E-state index contributed by atoms with van der Waals surface area (Å²) in [5.74, 6) is 0.461. The second-order valence-corrected chi connectivity index (χ2v) is 7.26. The van der Waals surface area contributed by atoms with Crippen molar-refractivity contribution in [2.75, 3.05) is 6.61 Å². The molecule has 0 amide bonds. The van der Waals surface area contributed by atoms with Crippen molar-refractivity contribution in [3.05, 3.63) is 124 Å². The number of carbonyl (C=O) groups excluding carboxylic acids is 1. The Labute approximate surface area is 191 Å². The van der Waals surface area contributed by atoms with Crippen molar-refractivity contribution < 1.29 is 14.5 Å². The maximum atomic E-state index is 12.5. The maximum Gasteiger partial charge on any atom is 0.271 e. The summed E-state index contributed by atoms with van der Waals surface area (Å²) >= 11 is 0. The number of aliphatic imine (C=N–C) groups is 1. The summed E-state index contributed by atoms with van der Waals surface area (Å²) in [6, 6.07) is 30.7. The van der Waals surface area contributed by atoms with Gasteiger partial charge in [0.1, 0.15) is 5.75 Å². The first-order valence-corrected chi connectivity index (χ1v) is 10.3. The third-order valence-corrected chi connectivity index (χ3v) is 4.97. The number of Topliss-reactive ketones (excluding diaryl/α,β-unsaturated/α-hetero) is 1. The number of ketones is 1. The lowest BCUT2D eigenvalue weighted by atomic mass is 10.0. The zero-order valence-corrected chi connectivity index (χ0v) is 17.6. The second-order valence-electron chi connectivity index (χ2n) is 7.26. The third kappa shape index (κ3) is 5.77. The fraction of sp³-hybridized carbons (Fsp3) is 0.0370. The maximum absolute atomic E-state index is 12.5. The van der Waals surface area contributed by atoms with Crippen LogP contribution in [0, 0.1) is 10.1 Å². The molecule has 0 spiro atoms. The molecular weight excluding hydrogens is 416 g/mol. The van der Waals surface area contributed by atoms with E-state index < -0.39 is 4.92 Å². The zero-order chi connectivity index (χ0) is 23.0. The monoisotopic (exact) mass is 436 g/mol. The molecule has 0 heterocycles. The minimum Gasteiger partial charge on any atom is -0.485 e. The third-order valence-electron chi connectivity index (χ3n) is 4.97. The Balaban J connectivity index is 1.33. The number of nitro groups is 1. The van der Waals surface area contributed by atoms with Gasteiger partial charge in [0.15, 0.2) is 12.4 Å². The number of rotatable bonds is 8. The minimum atomic E-state index is -0.454. The SMILES string of the molecule is O=C(COc1ccc(C=Nc2cccc([N+](=O)[O-])c2)cc1)c1ccc(-c2ccccc2)cc1. The van der Waals surface area contributed by atoms with E-state index in [-0.39, 0.29) is 18.1 Å². The summed E-state index contributed by atoms with van der Waals surface area (Å²) in [7, 11) is 0. The first-order chi connectivity index (χ1) is 16.1. The number of nitro benzene ring substituents is 1. The Kier molecular flexibility index (Phi) is 6.66. The van der Waals surface area contributed by atoms with Gasteiger partial charge in [0, 0.05) is 23.9 Å². The Bertz CT molecular complexity index is 1280. The van der Waals surface area contributed by atoms with Crippen LogP contribution in [0.3, 0.4) is 0 Å². The highest BCUT2D eigenvalue weighted by Gasteiger charge is 2.08. The Hall–Kier alpha value is -4.58. The molecule has 4 rings (SSSR count). The van der Waals surface area contributed by atoms with Gasteiger partial charge in [-0.15, -0.1) is 0 Å². The second kappa shape index (κ2) is 10.2. The smallest absolute Gasteiger partial charge is 0.271 e. The zero-order valence-electron chi connectivity index (χ0n) is 17.6. The van der Waals surface area contributed by atoms with Crippen molar-refractivity contribution >= 4 is 23.4 Å². The van der Waals surface area contributed by atoms with Gasteiger partial charge in [-0.05, 0) is 47.0 Å². The van der Waals surface area contributed by atoms with E-state index in [1.54, 1.807) is 42.6 Å². The molecule has 0 radical (unpaired) electrons. The van der Waals surface area contributed by atoms with Gasteiger partial charge in [-0.3, -0.25) is 19.9 Å². The van der Waals surface area contributed by atoms with Crippen LogP contribution in [-0.4, -0.2) is 23.5 Å². The minimum absolute atomic E-state index is 0.00669. The van der Waals surface area contributed by atoms with Crippen LogP contribution in [0.25, 0.3) is 11.1 Å². The van der Waals surface area contributed by atoms with Crippen LogP contribution in [0.4, 0.5) is 11.4 Å². The summed E-state index contributed by atoms with van der Waals surface area (Å²) in [5, 5.41) is 10.9. The molecule has 0 N–H and O–H groups in total. The predicted octanol–water partition coefficient (Wildman–Crippen LogP) is 6.27. The van der Waals surface area contributed by atoms with E-state index in [0.29, 0.717) is 17.0 Å². The van der Waals surface area contributed by atoms with E-state index in [1.165, 1.54) is 12.1 Å². The molecule has 0 atom stereocenters.